The second-order valence-corrected chi connectivity index (χ2v) is 4.34. The Hall–Kier alpha value is -3.14. The fourth-order valence-corrected chi connectivity index (χ4v) is 1.63. The van der Waals surface area contributed by atoms with Crippen molar-refractivity contribution in [3.8, 4) is 0 Å². The minimum absolute atomic E-state index is 0.393. The molecule has 2 aromatic carbocycles. The van der Waals surface area contributed by atoms with Gasteiger partial charge in [-0.15, -0.1) is 0 Å². The quantitative estimate of drug-likeness (QED) is 0.522. The molecule has 4 heteroatoms. The van der Waals surface area contributed by atoms with E-state index in [2.05, 4.69) is 5.32 Å². The number of hydrogen-bond donors (Lipinski definition) is 1. The molecule has 0 atom stereocenters. The summed E-state index contributed by atoms with van der Waals surface area (Å²) in [5, 5.41) is 2.63. The van der Waals surface area contributed by atoms with E-state index in [1.165, 1.54) is 6.26 Å². The third-order valence-electron chi connectivity index (χ3n) is 2.66. The molecular weight excluding hydrogens is 278 g/mol. The molecule has 0 bridgehead atoms. The molecule has 110 valence electrons. The normalized spacial score (nSPS) is 10.7. The minimum atomic E-state index is -0.615. The van der Waals surface area contributed by atoms with Crippen molar-refractivity contribution in [1.82, 2.24) is 0 Å². The summed E-state index contributed by atoms with van der Waals surface area (Å²) in [7, 11) is 0. The average Bonchev–Trinajstić information content (AvgIpc) is 2.55. The van der Waals surface area contributed by atoms with Gasteiger partial charge in [-0.25, -0.2) is 4.79 Å². The van der Waals surface area contributed by atoms with Gasteiger partial charge in [-0.05, 0) is 23.8 Å². The van der Waals surface area contributed by atoms with Gasteiger partial charge >= 0.3 is 5.97 Å². The van der Waals surface area contributed by atoms with Gasteiger partial charge in [0.2, 0.25) is 5.91 Å². The molecule has 0 fully saturated rings. The molecule has 0 heterocycles. The van der Waals surface area contributed by atoms with Gasteiger partial charge in [-0.3, -0.25) is 4.79 Å². The van der Waals surface area contributed by atoms with Crippen molar-refractivity contribution in [2.75, 3.05) is 5.32 Å². The Morgan fingerprint density at radius 3 is 2.18 bits per heavy atom. The first-order valence-electron chi connectivity index (χ1n) is 6.70. The maximum Gasteiger partial charge on any atom is 0.335 e. The number of para-hydroxylation sites is 1. The van der Waals surface area contributed by atoms with Crippen molar-refractivity contribution in [2.45, 2.75) is 0 Å². The van der Waals surface area contributed by atoms with Gasteiger partial charge in [-0.2, -0.15) is 0 Å². The Bertz CT molecular complexity index is 676. The van der Waals surface area contributed by atoms with E-state index < -0.39 is 11.9 Å². The van der Waals surface area contributed by atoms with Gasteiger partial charge < -0.3 is 10.1 Å². The maximum absolute atomic E-state index is 11.6. The third kappa shape index (κ3) is 5.46. The number of ether oxygens (including phenoxy) is 1. The zero-order chi connectivity index (χ0) is 15.6. The van der Waals surface area contributed by atoms with Gasteiger partial charge in [0.25, 0.3) is 0 Å². The van der Waals surface area contributed by atoms with Crippen LogP contribution in [0.5, 0.6) is 0 Å². The van der Waals surface area contributed by atoms with E-state index in [-0.39, 0.29) is 0 Å². The summed E-state index contributed by atoms with van der Waals surface area (Å²) in [6.45, 7) is 0. The van der Waals surface area contributed by atoms with Gasteiger partial charge in [0.1, 0.15) is 0 Å². The molecule has 2 rings (SSSR count). The molecular formula is C18H15NO3. The molecule has 0 unspecified atom stereocenters. The zero-order valence-corrected chi connectivity index (χ0v) is 11.8. The summed E-state index contributed by atoms with van der Waals surface area (Å²) >= 11 is 0. The average molecular weight is 293 g/mol. The predicted molar refractivity (Wildman–Crippen MR) is 85.8 cm³/mol. The molecule has 0 spiro atoms. The van der Waals surface area contributed by atoms with Crippen LogP contribution in [0.2, 0.25) is 0 Å². The smallest absolute Gasteiger partial charge is 0.335 e. The summed E-state index contributed by atoms with van der Waals surface area (Å²) in [6, 6.07) is 18.4. The summed E-state index contributed by atoms with van der Waals surface area (Å²) in [5.41, 5.74) is 1.58. The van der Waals surface area contributed by atoms with Crippen LogP contribution in [0.1, 0.15) is 5.56 Å². The van der Waals surface area contributed by atoms with Crippen LogP contribution in [-0.4, -0.2) is 11.9 Å². The van der Waals surface area contributed by atoms with Crippen molar-refractivity contribution in [3.05, 3.63) is 84.6 Å². The van der Waals surface area contributed by atoms with Crippen LogP contribution >= 0.6 is 0 Å². The highest BCUT2D eigenvalue weighted by Gasteiger charge is 1.99. The first-order valence-corrected chi connectivity index (χ1v) is 6.70. The summed E-state index contributed by atoms with van der Waals surface area (Å²) < 4.78 is 4.86. The van der Waals surface area contributed by atoms with Crippen LogP contribution in [0.25, 0.3) is 6.08 Å². The molecule has 0 saturated carbocycles. The number of esters is 1. The second kappa shape index (κ2) is 8.21. The number of nitrogens with one attached hydrogen (secondary N) is 1. The Balaban J connectivity index is 1.79. The molecule has 2 aromatic rings. The van der Waals surface area contributed by atoms with E-state index in [1.54, 1.807) is 18.2 Å². The Labute approximate surface area is 128 Å². The minimum Gasteiger partial charge on any atom is -0.431 e. The molecule has 0 aliphatic heterocycles. The standard InChI is InChI=1S/C18H15NO3/c20-17(19-16-9-5-2-6-10-16)11-12-18(21)22-14-13-15-7-3-1-4-8-15/h1-14H,(H,19,20)/b12-11-,14-13?. The second-order valence-electron chi connectivity index (χ2n) is 4.34. The third-order valence-corrected chi connectivity index (χ3v) is 2.66. The lowest BCUT2D eigenvalue weighted by molar-refractivity contribution is -0.132. The van der Waals surface area contributed by atoms with Gasteiger partial charge in [0, 0.05) is 17.8 Å². The van der Waals surface area contributed by atoms with Crippen molar-refractivity contribution in [3.63, 3.8) is 0 Å². The Kier molecular flexibility index (Phi) is 5.70. The fraction of sp³-hybridized carbons (Fsp3) is 0. The fourth-order valence-electron chi connectivity index (χ4n) is 1.63. The van der Waals surface area contributed by atoms with E-state index in [0.717, 1.165) is 17.7 Å². The van der Waals surface area contributed by atoms with Gasteiger partial charge in [-0.1, -0.05) is 48.5 Å². The van der Waals surface area contributed by atoms with Gasteiger partial charge in [0.05, 0.1) is 6.26 Å². The molecule has 22 heavy (non-hydrogen) atoms. The zero-order valence-electron chi connectivity index (χ0n) is 11.8. The summed E-state index contributed by atoms with van der Waals surface area (Å²) in [6.07, 6.45) is 5.16. The topological polar surface area (TPSA) is 55.4 Å². The lowest BCUT2D eigenvalue weighted by atomic mass is 10.2. The van der Waals surface area contributed by atoms with Gasteiger partial charge in [0.15, 0.2) is 0 Å². The molecule has 0 aliphatic carbocycles. The van der Waals surface area contributed by atoms with E-state index in [0.29, 0.717) is 5.69 Å². The van der Waals surface area contributed by atoms with Crippen LogP contribution in [0.3, 0.4) is 0 Å². The first kappa shape index (κ1) is 15.3. The lowest BCUT2D eigenvalue weighted by Crippen LogP contribution is -2.08. The molecule has 0 aromatic heterocycles. The Morgan fingerprint density at radius 2 is 1.50 bits per heavy atom. The van der Waals surface area contributed by atoms with Crippen LogP contribution < -0.4 is 5.32 Å². The molecule has 0 aliphatic rings. The highest BCUT2D eigenvalue weighted by atomic mass is 16.5. The summed E-state index contributed by atoms with van der Waals surface area (Å²) in [5.74, 6) is -1.01. The first-order chi connectivity index (χ1) is 10.7. The van der Waals surface area contributed by atoms with E-state index in [9.17, 15) is 9.59 Å². The van der Waals surface area contributed by atoms with Crippen molar-refractivity contribution in [1.29, 1.82) is 0 Å². The van der Waals surface area contributed by atoms with Crippen molar-refractivity contribution >= 4 is 23.6 Å². The molecule has 1 N–H and O–H groups in total. The van der Waals surface area contributed by atoms with Crippen LogP contribution in [0.15, 0.2) is 79.1 Å². The van der Waals surface area contributed by atoms with Crippen LogP contribution in [0.4, 0.5) is 5.69 Å². The number of carbonyl (C=O) groups is 2. The van der Waals surface area contributed by atoms with E-state index >= 15 is 0 Å². The Morgan fingerprint density at radius 1 is 0.864 bits per heavy atom. The highest BCUT2D eigenvalue weighted by Crippen LogP contribution is 2.04. The number of carbonyl (C=O) groups excluding carboxylic acids is 2. The van der Waals surface area contributed by atoms with E-state index in [4.69, 9.17) is 4.74 Å². The monoisotopic (exact) mass is 293 g/mol. The molecule has 4 nitrogen and oxygen atoms in total. The number of hydrogen-bond acceptors (Lipinski definition) is 3. The molecule has 0 radical (unpaired) electrons. The van der Waals surface area contributed by atoms with Crippen LogP contribution in [0, 0.1) is 0 Å². The summed E-state index contributed by atoms with van der Waals surface area (Å²) in [4.78, 5) is 23.0. The number of anilines is 1. The molecule has 0 saturated heterocycles. The number of rotatable bonds is 5. The maximum atomic E-state index is 11.6. The predicted octanol–water partition coefficient (Wildman–Crippen LogP) is 3.40. The number of benzene rings is 2. The van der Waals surface area contributed by atoms with Crippen molar-refractivity contribution in [2.24, 2.45) is 0 Å². The SMILES string of the molecule is O=C(/C=C\C(=O)OC=Cc1ccccc1)Nc1ccccc1. The largest absolute Gasteiger partial charge is 0.431 e. The van der Waals surface area contributed by atoms with E-state index in [1.807, 2.05) is 48.5 Å². The highest BCUT2D eigenvalue weighted by molar-refractivity contribution is 6.02. The number of amides is 1. The molecule has 1 amide bonds. The van der Waals surface area contributed by atoms with Crippen LogP contribution in [-0.2, 0) is 14.3 Å². The lowest BCUT2D eigenvalue weighted by Gasteiger charge is -2.00. The van der Waals surface area contributed by atoms with Crippen molar-refractivity contribution < 1.29 is 14.3 Å².